The van der Waals surface area contributed by atoms with Crippen LogP contribution in [0.2, 0.25) is 0 Å². The summed E-state index contributed by atoms with van der Waals surface area (Å²) < 4.78 is 1.88. The van der Waals surface area contributed by atoms with Crippen LogP contribution in [0.4, 0.5) is 5.82 Å². The molecule has 0 radical (unpaired) electrons. The van der Waals surface area contributed by atoms with E-state index in [0.29, 0.717) is 47.7 Å². The molecule has 1 aliphatic heterocycles. The van der Waals surface area contributed by atoms with Crippen LogP contribution in [0.1, 0.15) is 40.4 Å². The lowest BCUT2D eigenvalue weighted by molar-refractivity contribution is -0.127. The minimum atomic E-state index is -0.103. The molecule has 1 atom stereocenters. The second-order valence-corrected chi connectivity index (χ2v) is 9.23. The number of nitrogens with zero attached hydrogens (tertiary/aromatic N) is 5. The van der Waals surface area contributed by atoms with Crippen LogP contribution < -0.4 is 11.1 Å². The van der Waals surface area contributed by atoms with Crippen LogP contribution in [-0.2, 0) is 11.3 Å². The van der Waals surface area contributed by atoms with Crippen molar-refractivity contribution in [2.75, 3.05) is 18.8 Å². The number of fused-ring (bicyclic) bond motifs is 1. The fraction of sp³-hybridized carbons (Fsp3) is 0.250. The summed E-state index contributed by atoms with van der Waals surface area (Å²) in [6.07, 6.45) is 4.53. The first kappa shape index (κ1) is 24.2. The summed E-state index contributed by atoms with van der Waals surface area (Å²) in [5, 5.41) is 8.59. The zero-order chi connectivity index (χ0) is 25.9. The van der Waals surface area contributed by atoms with E-state index in [1.165, 1.54) is 12.4 Å². The van der Waals surface area contributed by atoms with Gasteiger partial charge in [-0.25, -0.2) is 14.6 Å². The van der Waals surface area contributed by atoms with E-state index >= 15 is 0 Å². The number of likely N-dealkylation sites (tertiary alicyclic amines) is 1. The first-order chi connectivity index (χ1) is 18.0. The quantitative estimate of drug-likeness (QED) is 0.394. The first-order valence-corrected chi connectivity index (χ1v) is 12.3. The number of hydrogen-bond donors (Lipinski definition) is 2. The van der Waals surface area contributed by atoms with Crippen molar-refractivity contribution in [2.45, 2.75) is 32.4 Å². The zero-order valence-corrected chi connectivity index (χ0v) is 20.7. The van der Waals surface area contributed by atoms with Gasteiger partial charge in [0, 0.05) is 30.8 Å². The molecule has 1 saturated heterocycles. The van der Waals surface area contributed by atoms with Crippen LogP contribution in [0.5, 0.6) is 0 Å². The molecule has 9 nitrogen and oxygen atoms in total. The molecule has 1 fully saturated rings. The van der Waals surface area contributed by atoms with Crippen molar-refractivity contribution in [3.8, 4) is 11.3 Å². The highest BCUT2D eigenvalue weighted by atomic mass is 16.2. The SMILES string of the molecule is C=CC(=O)N1CCC[C@@H](n2nc(-c3ccc(CNC(=O)c4ccccc4C)cc3)c3c(N)ncnc32)C1. The van der Waals surface area contributed by atoms with Crippen molar-refractivity contribution in [3.05, 3.63) is 84.2 Å². The number of rotatable bonds is 6. The number of nitrogen functional groups attached to an aromatic ring is 1. The molecule has 3 N–H and O–H groups in total. The highest BCUT2D eigenvalue weighted by Gasteiger charge is 2.28. The maximum Gasteiger partial charge on any atom is 0.251 e. The lowest BCUT2D eigenvalue weighted by Gasteiger charge is -2.32. The van der Waals surface area contributed by atoms with Gasteiger partial charge in [0.1, 0.15) is 17.8 Å². The van der Waals surface area contributed by atoms with Crippen LogP contribution in [0, 0.1) is 6.92 Å². The van der Waals surface area contributed by atoms with Gasteiger partial charge in [-0.05, 0) is 43.0 Å². The number of carbonyl (C=O) groups excluding carboxylic acids is 2. The Hall–Kier alpha value is -4.53. The molecular formula is C28H29N7O2. The van der Waals surface area contributed by atoms with Gasteiger partial charge < -0.3 is 16.0 Å². The zero-order valence-electron chi connectivity index (χ0n) is 20.7. The van der Waals surface area contributed by atoms with Gasteiger partial charge >= 0.3 is 0 Å². The van der Waals surface area contributed by atoms with Gasteiger partial charge in [-0.2, -0.15) is 5.10 Å². The highest BCUT2D eigenvalue weighted by Crippen LogP contribution is 2.33. The van der Waals surface area contributed by atoms with Gasteiger partial charge in [0.25, 0.3) is 5.91 Å². The molecule has 2 amide bonds. The van der Waals surface area contributed by atoms with Crippen molar-refractivity contribution >= 4 is 28.7 Å². The first-order valence-electron chi connectivity index (χ1n) is 12.3. The Morgan fingerprint density at radius 3 is 2.70 bits per heavy atom. The molecule has 4 aromatic rings. The molecule has 9 heteroatoms. The van der Waals surface area contributed by atoms with E-state index in [4.69, 9.17) is 10.8 Å². The van der Waals surface area contributed by atoms with Crippen molar-refractivity contribution in [1.82, 2.24) is 30.0 Å². The Morgan fingerprint density at radius 2 is 1.95 bits per heavy atom. The van der Waals surface area contributed by atoms with Crippen LogP contribution in [0.15, 0.2) is 67.5 Å². The summed E-state index contributed by atoms with van der Waals surface area (Å²) in [6.45, 7) is 7.17. The second-order valence-electron chi connectivity index (χ2n) is 9.23. The molecule has 2 aromatic carbocycles. The lowest BCUT2D eigenvalue weighted by atomic mass is 10.1. The molecule has 188 valence electrons. The molecule has 0 spiro atoms. The van der Waals surface area contributed by atoms with E-state index in [1.807, 2.05) is 60.1 Å². The summed E-state index contributed by atoms with van der Waals surface area (Å²) in [7, 11) is 0. The lowest BCUT2D eigenvalue weighted by Crippen LogP contribution is -2.40. The Labute approximate surface area is 215 Å². The number of anilines is 1. The summed E-state index contributed by atoms with van der Waals surface area (Å²) in [5.41, 5.74) is 11.1. The molecule has 0 bridgehead atoms. The normalized spacial score (nSPS) is 15.5. The number of aryl methyl sites for hydroxylation is 1. The number of aromatic nitrogens is 4. The predicted octanol–water partition coefficient (Wildman–Crippen LogP) is 3.66. The van der Waals surface area contributed by atoms with Crippen LogP contribution in [0.25, 0.3) is 22.3 Å². The van der Waals surface area contributed by atoms with E-state index in [0.717, 1.165) is 29.5 Å². The van der Waals surface area contributed by atoms with E-state index in [1.54, 1.807) is 4.90 Å². The Balaban J connectivity index is 1.40. The highest BCUT2D eigenvalue weighted by molar-refractivity contribution is 5.98. The van der Waals surface area contributed by atoms with Gasteiger partial charge in [-0.3, -0.25) is 9.59 Å². The van der Waals surface area contributed by atoms with Gasteiger partial charge in [0.2, 0.25) is 5.91 Å². The Kier molecular flexibility index (Phi) is 6.68. The van der Waals surface area contributed by atoms with Crippen molar-refractivity contribution in [2.24, 2.45) is 0 Å². The van der Waals surface area contributed by atoms with Gasteiger partial charge in [-0.1, -0.05) is 49.0 Å². The fourth-order valence-corrected chi connectivity index (χ4v) is 4.82. The topological polar surface area (TPSA) is 119 Å². The van der Waals surface area contributed by atoms with E-state index < -0.39 is 0 Å². The van der Waals surface area contributed by atoms with Gasteiger partial charge in [0.05, 0.1) is 11.4 Å². The minimum absolute atomic E-state index is 0.0286. The van der Waals surface area contributed by atoms with Gasteiger partial charge in [0.15, 0.2) is 5.65 Å². The van der Waals surface area contributed by atoms with E-state index in [9.17, 15) is 9.59 Å². The van der Waals surface area contributed by atoms with Crippen molar-refractivity contribution in [3.63, 3.8) is 0 Å². The Morgan fingerprint density at radius 1 is 1.16 bits per heavy atom. The maximum atomic E-state index is 12.6. The number of piperidine rings is 1. The summed E-state index contributed by atoms with van der Waals surface area (Å²) in [6, 6.07) is 15.3. The van der Waals surface area contributed by atoms with Crippen LogP contribution in [-0.4, -0.2) is 49.6 Å². The number of amides is 2. The minimum Gasteiger partial charge on any atom is -0.383 e. The Bertz CT molecular complexity index is 1480. The standard InChI is InChI=1S/C28H29N7O2/c1-3-23(36)34-14-6-8-21(16-34)35-27-24(26(29)31-17-32-27)25(33-35)20-12-10-19(11-13-20)15-30-28(37)22-9-5-4-7-18(22)2/h3-5,7,9-13,17,21H,1,6,8,14-16H2,2H3,(H,30,37)(H2,29,31,32)/t21-/m1/s1. The molecule has 37 heavy (non-hydrogen) atoms. The molecule has 5 rings (SSSR count). The summed E-state index contributed by atoms with van der Waals surface area (Å²) in [5.74, 6) is 0.171. The van der Waals surface area contributed by atoms with Crippen molar-refractivity contribution < 1.29 is 9.59 Å². The molecule has 0 saturated carbocycles. The number of carbonyl (C=O) groups is 2. The third-order valence-corrected chi connectivity index (χ3v) is 6.82. The van der Waals surface area contributed by atoms with Crippen molar-refractivity contribution in [1.29, 1.82) is 0 Å². The molecule has 0 aliphatic carbocycles. The number of nitrogens with one attached hydrogen (secondary N) is 1. The number of nitrogens with two attached hydrogens (primary N) is 1. The maximum absolute atomic E-state index is 12.6. The third-order valence-electron chi connectivity index (χ3n) is 6.82. The molecule has 1 aliphatic rings. The molecule has 3 heterocycles. The number of hydrogen-bond acceptors (Lipinski definition) is 6. The van der Waals surface area contributed by atoms with Crippen LogP contribution in [0.3, 0.4) is 0 Å². The van der Waals surface area contributed by atoms with E-state index in [-0.39, 0.29) is 17.9 Å². The molecule has 0 unspecified atom stereocenters. The smallest absolute Gasteiger partial charge is 0.251 e. The molecular weight excluding hydrogens is 466 g/mol. The third kappa shape index (κ3) is 4.80. The average molecular weight is 496 g/mol. The molecule has 2 aromatic heterocycles. The monoisotopic (exact) mass is 495 g/mol. The van der Waals surface area contributed by atoms with Gasteiger partial charge in [-0.15, -0.1) is 0 Å². The predicted molar refractivity (Wildman–Crippen MR) is 143 cm³/mol. The summed E-state index contributed by atoms with van der Waals surface area (Å²) >= 11 is 0. The van der Waals surface area contributed by atoms with Crippen LogP contribution >= 0.6 is 0 Å². The van der Waals surface area contributed by atoms with E-state index in [2.05, 4.69) is 21.9 Å². The second kappa shape index (κ2) is 10.2. The summed E-state index contributed by atoms with van der Waals surface area (Å²) in [4.78, 5) is 35.3. The fourth-order valence-electron chi connectivity index (χ4n) is 4.82. The largest absolute Gasteiger partial charge is 0.383 e. The number of benzene rings is 2. The average Bonchev–Trinajstić information content (AvgIpc) is 3.33.